The number of esters is 2. The topological polar surface area (TPSA) is 61.8 Å². The maximum Gasteiger partial charge on any atom is 0.336 e. The molecule has 2 aliphatic rings. The van der Waals surface area contributed by atoms with Gasteiger partial charge in [-0.15, -0.1) is 0 Å². The lowest BCUT2D eigenvalue weighted by atomic mass is 9.97. The number of hydrogen-bond acceptors (Lipinski definition) is 5. The maximum absolute atomic E-state index is 11.8. The first-order valence-corrected chi connectivity index (χ1v) is 6.67. The zero-order valence-electron chi connectivity index (χ0n) is 11.4. The fourth-order valence-corrected chi connectivity index (χ4v) is 2.68. The summed E-state index contributed by atoms with van der Waals surface area (Å²) in [5.41, 5.74) is -0.0310. The van der Waals surface area contributed by atoms with Crippen molar-refractivity contribution >= 4 is 11.9 Å². The molecule has 0 bridgehead atoms. The molecule has 0 N–H and O–H groups in total. The Morgan fingerprint density at radius 2 is 2.11 bits per heavy atom. The summed E-state index contributed by atoms with van der Waals surface area (Å²) >= 11 is 0. The van der Waals surface area contributed by atoms with Crippen molar-refractivity contribution in [2.45, 2.75) is 63.9 Å². The van der Waals surface area contributed by atoms with E-state index in [-0.39, 0.29) is 11.6 Å². The second-order valence-corrected chi connectivity index (χ2v) is 5.39. The molecule has 0 aromatic heterocycles. The molecule has 0 amide bonds. The Morgan fingerprint density at radius 1 is 1.47 bits per heavy atom. The molecule has 1 aliphatic carbocycles. The molecule has 0 radical (unpaired) electrons. The van der Waals surface area contributed by atoms with Gasteiger partial charge in [0, 0.05) is 12.0 Å². The highest BCUT2D eigenvalue weighted by Gasteiger charge is 2.49. The van der Waals surface area contributed by atoms with Gasteiger partial charge in [0.1, 0.15) is 5.60 Å². The van der Waals surface area contributed by atoms with E-state index in [1.54, 1.807) is 13.8 Å². The first-order chi connectivity index (χ1) is 8.92. The number of ether oxygens (including phenoxy) is 3. The predicted octanol–water partition coefficient (Wildman–Crippen LogP) is 2.10. The minimum Gasteiger partial charge on any atom is -0.457 e. The van der Waals surface area contributed by atoms with E-state index >= 15 is 0 Å². The summed E-state index contributed by atoms with van der Waals surface area (Å²) in [5.74, 6) is -0.866. The summed E-state index contributed by atoms with van der Waals surface area (Å²) in [6.07, 6.45) is 3.11. The van der Waals surface area contributed by atoms with Crippen LogP contribution < -0.4 is 0 Å². The van der Waals surface area contributed by atoms with Crippen molar-refractivity contribution < 1.29 is 23.8 Å². The van der Waals surface area contributed by atoms with Crippen molar-refractivity contribution in [3.8, 4) is 0 Å². The second-order valence-electron chi connectivity index (χ2n) is 5.39. The molecule has 0 aromatic carbocycles. The average molecular weight is 268 g/mol. The van der Waals surface area contributed by atoms with Gasteiger partial charge in [0.15, 0.2) is 6.10 Å². The van der Waals surface area contributed by atoms with Crippen LogP contribution in [0.5, 0.6) is 0 Å². The molecule has 106 valence electrons. The van der Waals surface area contributed by atoms with E-state index in [1.165, 1.54) is 0 Å². The van der Waals surface area contributed by atoms with Gasteiger partial charge in [-0.05, 0) is 39.5 Å². The first kappa shape index (κ1) is 14.1. The second kappa shape index (κ2) is 5.33. The summed E-state index contributed by atoms with van der Waals surface area (Å²) < 4.78 is 15.9. The van der Waals surface area contributed by atoms with Crippen LogP contribution in [0.25, 0.3) is 0 Å². The number of carbonyl (C=O) groups is 2. The Hall–Kier alpha value is -1.36. The van der Waals surface area contributed by atoms with E-state index in [9.17, 15) is 9.59 Å². The Bertz CT molecular complexity index is 395. The molecule has 2 rings (SSSR count). The molecule has 0 aromatic rings. The molecule has 5 heteroatoms. The van der Waals surface area contributed by atoms with Crippen LogP contribution in [-0.2, 0) is 23.8 Å². The molecule has 2 fully saturated rings. The summed E-state index contributed by atoms with van der Waals surface area (Å²) in [6.45, 7) is 6.64. The standard InChI is InChI=1S/C14H20O5/c1-9(2)12(15)18-10(3)17-11-8-14(19-13(11)16)6-4-5-7-14/h10-11H,1,4-8H2,2-3H3. The monoisotopic (exact) mass is 268 g/mol. The van der Waals surface area contributed by atoms with E-state index in [4.69, 9.17) is 14.2 Å². The van der Waals surface area contributed by atoms with Crippen molar-refractivity contribution in [2.24, 2.45) is 0 Å². The minimum absolute atomic E-state index is 0.303. The van der Waals surface area contributed by atoms with E-state index in [0.29, 0.717) is 12.0 Å². The van der Waals surface area contributed by atoms with Gasteiger partial charge < -0.3 is 14.2 Å². The van der Waals surface area contributed by atoms with Gasteiger partial charge >= 0.3 is 11.9 Å². The summed E-state index contributed by atoms with van der Waals surface area (Å²) in [5, 5.41) is 0. The minimum atomic E-state index is -0.779. The van der Waals surface area contributed by atoms with Crippen LogP contribution in [0.2, 0.25) is 0 Å². The SMILES string of the molecule is C=C(C)C(=O)OC(C)OC1CC2(CCCC2)OC1=O. The van der Waals surface area contributed by atoms with Crippen LogP contribution in [0.4, 0.5) is 0 Å². The van der Waals surface area contributed by atoms with Crippen molar-refractivity contribution in [2.75, 3.05) is 0 Å². The molecule has 2 atom stereocenters. The summed E-state index contributed by atoms with van der Waals surface area (Å²) in [7, 11) is 0. The molecule has 1 heterocycles. The molecule has 1 saturated carbocycles. The fraction of sp³-hybridized carbons (Fsp3) is 0.714. The van der Waals surface area contributed by atoms with Crippen LogP contribution >= 0.6 is 0 Å². The van der Waals surface area contributed by atoms with Crippen LogP contribution in [0, 0.1) is 0 Å². The third kappa shape index (κ3) is 3.15. The molecule has 1 spiro atoms. The quantitative estimate of drug-likeness (QED) is 0.444. The largest absolute Gasteiger partial charge is 0.457 e. The highest BCUT2D eigenvalue weighted by Crippen LogP contribution is 2.42. The third-order valence-corrected chi connectivity index (χ3v) is 3.63. The summed E-state index contributed by atoms with van der Waals surface area (Å²) in [6, 6.07) is 0. The summed E-state index contributed by atoms with van der Waals surface area (Å²) in [4.78, 5) is 23.1. The van der Waals surface area contributed by atoms with E-state index in [1.807, 2.05) is 0 Å². The lowest BCUT2D eigenvalue weighted by Crippen LogP contribution is -2.28. The normalized spacial score (nSPS) is 26.2. The van der Waals surface area contributed by atoms with Gasteiger partial charge in [-0.25, -0.2) is 9.59 Å². The van der Waals surface area contributed by atoms with E-state index in [2.05, 4.69) is 6.58 Å². The predicted molar refractivity (Wildman–Crippen MR) is 67.1 cm³/mol. The van der Waals surface area contributed by atoms with Gasteiger partial charge in [-0.2, -0.15) is 0 Å². The number of carbonyl (C=O) groups excluding carboxylic acids is 2. The number of hydrogen-bond donors (Lipinski definition) is 0. The van der Waals surface area contributed by atoms with Gasteiger partial charge in [0.05, 0.1) is 0 Å². The zero-order valence-corrected chi connectivity index (χ0v) is 11.4. The molecular formula is C14H20O5. The fourth-order valence-electron chi connectivity index (χ4n) is 2.68. The molecular weight excluding hydrogens is 248 g/mol. The zero-order chi connectivity index (χ0) is 14.0. The van der Waals surface area contributed by atoms with Crippen LogP contribution in [0.15, 0.2) is 12.2 Å². The average Bonchev–Trinajstić information content (AvgIpc) is 2.87. The molecule has 1 aliphatic heterocycles. The maximum atomic E-state index is 11.8. The first-order valence-electron chi connectivity index (χ1n) is 6.67. The highest BCUT2D eigenvalue weighted by molar-refractivity contribution is 5.87. The molecule has 2 unspecified atom stereocenters. The third-order valence-electron chi connectivity index (χ3n) is 3.63. The van der Waals surface area contributed by atoms with Crippen molar-refractivity contribution in [3.05, 3.63) is 12.2 Å². The van der Waals surface area contributed by atoms with Crippen molar-refractivity contribution in [3.63, 3.8) is 0 Å². The highest BCUT2D eigenvalue weighted by atomic mass is 16.7. The van der Waals surface area contributed by atoms with Gasteiger partial charge in [0.2, 0.25) is 6.29 Å². The van der Waals surface area contributed by atoms with Crippen LogP contribution in [0.1, 0.15) is 46.0 Å². The lowest BCUT2D eigenvalue weighted by molar-refractivity contribution is -0.186. The van der Waals surface area contributed by atoms with Gasteiger partial charge in [0.25, 0.3) is 0 Å². The number of rotatable bonds is 4. The van der Waals surface area contributed by atoms with Gasteiger partial charge in [-0.3, -0.25) is 0 Å². The smallest absolute Gasteiger partial charge is 0.336 e. The lowest BCUT2D eigenvalue weighted by Gasteiger charge is -2.20. The van der Waals surface area contributed by atoms with E-state index < -0.39 is 18.4 Å². The molecule has 1 saturated heterocycles. The Balaban J connectivity index is 1.87. The van der Waals surface area contributed by atoms with E-state index in [0.717, 1.165) is 25.7 Å². The molecule has 19 heavy (non-hydrogen) atoms. The Labute approximate surface area is 112 Å². The van der Waals surface area contributed by atoms with Crippen molar-refractivity contribution in [1.82, 2.24) is 0 Å². The van der Waals surface area contributed by atoms with Crippen molar-refractivity contribution in [1.29, 1.82) is 0 Å². The Morgan fingerprint density at radius 3 is 2.68 bits per heavy atom. The molecule has 5 nitrogen and oxygen atoms in total. The Kier molecular flexibility index (Phi) is 3.94. The van der Waals surface area contributed by atoms with Gasteiger partial charge in [-0.1, -0.05) is 6.58 Å². The van der Waals surface area contributed by atoms with Crippen LogP contribution in [-0.4, -0.2) is 29.9 Å². The van der Waals surface area contributed by atoms with Crippen LogP contribution in [0.3, 0.4) is 0 Å².